The van der Waals surface area contributed by atoms with Crippen LogP contribution in [0.3, 0.4) is 0 Å². The number of nitrogens with two attached hydrogens (primary N) is 2. The summed E-state index contributed by atoms with van der Waals surface area (Å²) in [5, 5.41) is 7.99. The molecule has 0 bridgehead atoms. The topological polar surface area (TPSA) is 153 Å². The highest BCUT2D eigenvalue weighted by atomic mass is 32.2. The summed E-state index contributed by atoms with van der Waals surface area (Å²) in [6.07, 6.45) is 0. The lowest BCUT2D eigenvalue weighted by molar-refractivity contribution is -0.115. The third kappa shape index (κ3) is 6.68. The number of rotatable bonds is 7. The second-order valence-electron chi connectivity index (χ2n) is 7.44. The third-order valence-corrected chi connectivity index (χ3v) is 5.12. The zero-order valence-corrected chi connectivity index (χ0v) is 17.7. The van der Waals surface area contributed by atoms with Crippen LogP contribution in [-0.2, 0) is 19.6 Å². The Morgan fingerprint density at radius 2 is 1.70 bits per heavy atom. The molecule has 30 heavy (non-hydrogen) atoms. The number of nitrogens with one attached hydrogen (secondary N) is 2. The summed E-state index contributed by atoms with van der Waals surface area (Å²) in [4.78, 5) is 24.3. The van der Waals surface area contributed by atoms with Gasteiger partial charge in [0.15, 0.2) is 0 Å². The number of sulfonamides is 1. The molecule has 1 amide bonds. The van der Waals surface area contributed by atoms with E-state index in [9.17, 15) is 18.0 Å². The lowest BCUT2D eigenvalue weighted by atomic mass is 10.1. The molecule has 0 atom stereocenters. The molecule has 0 spiro atoms. The van der Waals surface area contributed by atoms with E-state index < -0.39 is 34.0 Å². The molecule has 2 rings (SSSR count). The Labute approximate surface area is 175 Å². The van der Waals surface area contributed by atoms with Crippen LogP contribution >= 0.6 is 0 Å². The zero-order valence-electron chi connectivity index (χ0n) is 16.9. The van der Waals surface area contributed by atoms with Gasteiger partial charge in [-0.2, -0.15) is 0 Å². The summed E-state index contributed by atoms with van der Waals surface area (Å²) in [6, 6.07) is 11.8. The Balaban J connectivity index is 1.99. The first-order valence-corrected chi connectivity index (χ1v) is 10.5. The van der Waals surface area contributed by atoms with Gasteiger partial charge in [-0.25, -0.2) is 17.9 Å². The number of ether oxygens (including phenoxy) is 1. The Hall–Kier alpha value is -3.24. The molecular formula is C20H25N4O5S+. The number of carbonyl (C=O) groups is 2. The number of hydrogen-bond acceptors (Lipinski definition) is 5. The number of amides is 1. The van der Waals surface area contributed by atoms with E-state index in [0.717, 1.165) is 0 Å². The number of anilines is 1. The second-order valence-corrected chi connectivity index (χ2v) is 9.20. The SMILES string of the molecule is CC(C)(C)OC(=O)c1cccc(NC(=O)CNS(=O)(=O)c2ccc(C(N)=[NH2+])cc2)c1. The van der Waals surface area contributed by atoms with E-state index in [1.165, 1.54) is 30.3 Å². The summed E-state index contributed by atoms with van der Waals surface area (Å²) >= 11 is 0. The molecule has 10 heteroatoms. The quantitative estimate of drug-likeness (QED) is 0.274. The summed E-state index contributed by atoms with van der Waals surface area (Å²) in [7, 11) is -3.91. The molecule has 0 saturated heterocycles. The average Bonchev–Trinajstić information content (AvgIpc) is 2.65. The molecule has 160 valence electrons. The molecule has 0 unspecified atom stereocenters. The normalized spacial score (nSPS) is 11.6. The van der Waals surface area contributed by atoms with Gasteiger partial charge in [-0.1, -0.05) is 6.07 Å². The largest absolute Gasteiger partial charge is 0.456 e. The molecule has 0 aliphatic rings. The van der Waals surface area contributed by atoms with Gasteiger partial charge < -0.3 is 10.1 Å². The van der Waals surface area contributed by atoms with Crippen molar-refractivity contribution in [2.75, 3.05) is 11.9 Å². The highest BCUT2D eigenvalue weighted by Crippen LogP contribution is 2.16. The first-order valence-electron chi connectivity index (χ1n) is 8.99. The van der Waals surface area contributed by atoms with Crippen LogP contribution in [0.25, 0.3) is 0 Å². The van der Waals surface area contributed by atoms with Crippen molar-refractivity contribution < 1.29 is 28.2 Å². The van der Waals surface area contributed by atoms with Crippen molar-refractivity contribution in [3.05, 3.63) is 59.7 Å². The maximum absolute atomic E-state index is 12.3. The Bertz CT molecular complexity index is 1060. The van der Waals surface area contributed by atoms with Crippen molar-refractivity contribution in [1.29, 1.82) is 0 Å². The van der Waals surface area contributed by atoms with Gasteiger partial charge in [0.05, 0.1) is 22.6 Å². The Morgan fingerprint density at radius 1 is 1.07 bits per heavy atom. The van der Waals surface area contributed by atoms with E-state index in [4.69, 9.17) is 15.9 Å². The van der Waals surface area contributed by atoms with Crippen molar-refractivity contribution in [3.63, 3.8) is 0 Å². The van der Waals surface area contributed by atoms with Crippen LogP contribution in [0, 0.1) is 0 Å². The molecule has 6 N–H and O–H groups in total. The highest BCUT2D eigenvalue weighted by Gasteiger charge is 2.19. The lowest BCUT2D eigenvalue weighted by Gasteiger charge is -2.19. The zero-order chi connectivity index (χ0) is 22.5. The van der Waals surface area contributed by atoms with Gasteiger partial charge in [0.1, 0.15) is 5.60 Å². The van der Waals surface area contributed by atoms with Crippen LogP contribution in [0.2, 0.25) is 0 Å². The van der Waals surface area contributed by atoms with Gasteiger partial charge in [0.2, 0.25) is 15.9 Å². The van der Waals surface area contributed by atoms with Crippen LogP contribution < -0.4 is 21.2 Å². The predicted molar refractivity (Wildman–Crippen MR) is 112 cm³/mol. The first-order chi connectivity index (χ1) is 13.9. The molecule has 0 aliphatic carbocycles. The summed E-state index contributed by atoms with van der Waals surface area (Å²) < 4.78 is 32.1. The number of carbonyl (C=O) groups excluding carboxylic acids is 2. The van der Waals surface area contributed by atoms with Crippen LogP contribution in [0.15, 0.2) is 53.4 Å². The summed E-state index contributed by atoms with van der Waals surface area (Å²) in [5.74, 6) is -1.06. The first kappa shape index (κ1) is 23.0. The molecule has 0 fully saturated rings. The van der Waals surface area contributed by atoms with E-state index in [1.807, 2.05) is 0 Å². The maximum Gasteiger partial charge on any atom is 0.338 e. The fraction of sp³-hybridized carbons (Fsp3) is 0.250. The number of benzene rings is 2. The maximum atomic E-state index is 12.3. The molecule has 0 aromatic heterocycles. The lowest BCUT2D eigenvalue weighted by Crippen LogP contribution is -2.46. The van der Waals surface area contributed by atoms with Crippen molar-refractivity contribution in [2.45, 2.75) is 31.3 Å². The fourth-order valence-electron chi connectivity index (χ4n) is 2.34. The average molecular weight is 434 g/mol. The van der Waals surface area contributed by atoms with Crippen molar-refractivity contribution in [3.8, 4) is 0 Å². The molecule has 2 aromatic carbocycles. The molecule has 2 aromatic rings. The number of amidine groups is 1. The van der Waals surface area contributed by atoms with Gasteiger partial charge >= 0.3 is 5.97 Å². The van der Waals surface area contributed by atoms with Crippen LogP contribution in [0.1, 0.15) is 36.7 Å². The van der Waals surface area contributed by atoms with E-state index in [1.54, 1.807) is 39.0 Å². The molecule has 0 aliphatic heterocycles. The predicted octanol–water partition coefficient (Wildman–Crippen LogP) is 0.0233. The van der Waals surface area contributed by atoms with Gasteiger partial charge in [-0.05, 0) is 63.2 Å². The minimum absolute atomic E-state index is 0.0350. The standard InChI is InChI=1S/C20H24N4O5S/c1-20(2,3)29-19(26)14-5-4-6-15(11-14)24-17(25)12-23-30(27,28)16-9-7-13(8-10-16)18(21)22/h4-11,23H,12H2,1-3H3,(H3,21,22)(H,24,25)/p+1. The highest BCUT2D eigenvalue weighted by molar-refractivity contribution is 7.89. The minimum atomic E-state index is -3.91. The van der Waals surface area contributed by atoms with Crippen molar-refractivity contribution in [2.24, 2.45) is 5.73 Å². The van der Waals surface area contributed by atoms with Crippen molar-refractivity contribution >= 4 is 33.4 Å². The molecule has 0 saturated carbocycles. The Morgan fingerprint density at radius 3 is 2.27 bits per heavy atom. The molecular weight excluding hydrogens is 408 g/mol. The van der Waals surface area contributed by atoms with Crippen LogP contribution in [0.4, 0.5) is 5.69 Å². The van der Waals surface area contributed by atoms with Gasteiger partial charge in [0.25, 0.3) is 5.84 Å². The fourth-order valence-corrected chi connectivity index (χ4v) is 3.32. The van der Waals surface area contributed by atoms with Crippen molar-refractivity contribution in [1.82, 2.24) is 4.72 Å². The second kappa shape index (κ2) is 9.06. The summed E-state index contributed by atoms with van der Waals surface area (Å²) in [6.45, 7) is 4.75. The molecule has 0 heterocycles. The monoisotopic (exact) mass is 433 g/mol. The van der Waals surface area contributed by atoms with Gasteiger partial charge in [0, 0.05) is 5.69 Å². The van der Waals surface area contributed by atoms with Gasteiger partial charge in [-0.15, -0.1) is 0 Å². The van der Waals surface area contributed by atoms with Crippen LogP contribution in [0.5, 0.6) is 0 Å². The third-order valence-electron chi connectivity index (χ3n) is 3.70. The summed E-state index contributed by atoms with van der Waals surface area (Å²) in [5.41, 5.74) is 5.89. The number of esters is 1. The molecule has 9 nitrogen and oxygen atoms in total. The smallest absolute Gasteiger partial charge is 0.338 e. The van der Waals surface area contributed by atoms with Gasteiger partial charge in [-0.3, -0.25) is 15.9 Å². The van der Waals surface area contributed by atoms with E-state index in [-0.39, 0.29) is 16.3 Å². The van der Waals surface area contributed by atoms with E-state index >= 15 is 0 Å². The van der Waals surface area contributed by atoms with Crippen LogP contribution in [-0.4, -0.2) is 38.3 Å². The minimum Gasteiger partial charge on any atom is -0.456 e. The Kier molecular flexibility index (Phi) is 6.96. The van der Waals surface area contributed by atoms with E-state index in [2.05, 4.69) is 10.0 Å². The molecule has 0 radical (unpaired) electrons. The van der Waals surface area contributed by atoms with E-state index in [0.29, 0.717) is 11.3 Å². The number of hydrogen-bond donors (Lipinski definition) is 4.